The molecule has 4 aromatic carbocycles. The van der Waals surface area contributed by atoms with Gasteiger partial charge in [0, 0.05) is 28.9 Å². The number of nitrogens with two attached hydrogens (primary N) is 1. The first kappa shape index (κ1) is 26.9. The van der Waals surface area contributed by atoms with Crippen molar-refractivity contribution in [1.29, 1.82) is 0 Å². The molecule has 2 unspecified atom stereocenters. The van der Waals surface area contributed by atoms with Gasteiger partial charge in [0.25, 0.3) is 0 Å². The molecule has 4 aromatic rings. The molecule has 2 aliphatic rings. The maximum atomic E-state index is 11.3. The first-order valence-electron chi connectivity index (χ1n) is 14.6. The highest BCUT2D eigenvalue weighted by molar-refractivity contribution is 5.87. The van der Waals surface area contributed by atoms with Crippen LogP contribution in [0.1, 0.15) is 44.7 Å². The standard InChI is InChI=1S/C38H38N2O/c1-26-18-19-31-30(23-35(39)29-16-10-5-11-17-29)20-21-38(2,34(31)22-26)40-36-25-37(41)33(28-14-8-4-9-15-28)24-32(36)27-12-6-3-7-13-27/h3-20,24-26,35,40-41H,21-23,39H2,1-2H3/t26?,35-,38?/m0/s1. The molecule has 0 amide bonds. The molecule has 0 fully saturated rings. The fourth-order valence-corrected chi connectivity index (χ4v) is 6.31. The predicted octanol–water partition coefficient (Wildman–Crippen LogP) is 9.21. The molecule has 0 spiro atoms. The number of phenols is 1. The second-order valence-corrected chi connectivity index (χ2v) is 11.7. The molecule has 0 bridgehead atoms. The topological polar surface area (TPSA) is 58.3 Å². The van der Waals surface area contributed by atoms with E-state index >= 15 is 0 Å². The highest BCUT2D eigenvalue weighted by Crippen LogP contribution is 2.46. The second kappa shape index (κ2) is 11.3. The summed E-state index contributed by atoms with van der Waals surface area (Å²) in [7, 11) is 0. The van der Waals surface area contributed by atoms with Gasteiger partial charge in [-0.15, -0.1) is 0 Å². The van der Waals surface area contributed by atoms with Crippen LogP contribution in [0.15, 0.2) is 138 Å². The molecular formula is C38H38N2O. The van der Waals surface area contributed by atoms with Crippen molar-refractivity contribution in [3.63, 3.8) is 0 Å². The molecule has 0 aliphatic heterocycles. The van der Waals surface area contributed by atoms with Crippen molar-refractivity contribution in [2.45, 2.75) is 44.7 Å². The normalized spacial score (nSPS) is 20.8. The van der Waals surface area contributed by atoms with E-state index in [0.29, 0.717) is 5.92 Å². The molecule has 0 saturated carbocycles. The number of aromatic hydroxyl groups is 1. The summed E-state index contributed by atoms with van der Waals surface area (Å²) in [6.07, 6.45) is 9.64. The van der Waals surface area contributed by atoms with Gasteiger partial charge in [0.1, 0.15) is 5.75 Å². The Hall–Kier alpha value is -4.34. The third-order valence-electron chi connectivity index (χ3n) is 8.59. The minimum Gasteiger partial charge on any atom is -0.507 e. The molecule has 3 atom stereocenters. The van der Waals surface area contributed by atoms with Gasteiger partial charge in [-0.05, 0) is 71.6 Å². The quantitative estimate of drug-likeness (QED) is 0.220. The molecule has 0 radical (unpaired) electrons. The van der Waals surface area contributed by atoms with Crippen LogP contribution in [0.2, 0.25) is 0 Å². The largest absolute Gasteiger partial charge is 0.507 e. The molecule has 3 nitrogen and oxygen atoms in total. The summed E-state index contributed by atoms with van der Waals surface area (Å²) in [6.45, 7) is 4.58. The van der Waals surface area contributed by atoms with E-state index in [0.717, 1.165) is 52.8 Å². The van der Waals surface area contributed by atoms with Gasteiger partial charge in [-0.2, -0.15) is 0 Å². The van der Waals surface area contributed by atoms with Gasteiger partial charge in [-0.1, -0.05) is 116 Å². The highest BCUT2D eigenvalue weighted by atomic mass is 16.3. The summed E-state index contributed by atoms with van der Waals surface area (Å²) >= 11 is 0. The van der Waals surface area contributed by atoms with Crippen molar-refractivity contribution in [3.05, 3.63) is 144 Å². The van der Waals surface area contributed by atoms with Crippen molar-refractivity contribution >= 4 is 5.69 Å². The minimum absolute atomic E-state index is 0.0478. The molecular weight excluding hydrogens is 500 g/mol. The molecule has 3 heteroatoms. The van der Waals surface area contributed by atoms with Gasteiger partial charge in [0.2, 0.25) is 0 Å². The summed E-state index contributed by atoms with van der Waals surface area (Å²) in [5.41, 5.74) is 16.5. The van der Waals surface area contributed by atoms with Crippen molar-refractivity contribution < 1.29 is 5.11 Å². The Kier molecular flexibility index (Phi) is 7.38. The lowest BCUT2D eigenvalue weighted by Gasteiger charge is -2.42. The molecule has 206 valence electrons. The van der Waals surface area contributed by atoms with Gasteiger partial charge in [0.05, 0.1) is 5.54 Å². The average molecular weight is 539 g/mol. The number of anilines is 1. The van der Waals surface area contributed by atoms with E-state index in [-0.39, 0.29) is 17.3 Å². The van der Waals surface area contributed by atoms with E-state index in [2.05, 4.69) is 92.0 Å². The molecule has 0 saturated heterocycles. The van der Waals surface area contributed by atoms with Crippen LogP contribution in [-0.2, 0) is 0 Å². The van der Waals surface area contributed by atoms with Crippen molar-refractivity contribution in [2.75, 3.05) is 5.32 Å². The first-order valence-corrected chi connectivity index (χ1v) is 14.6. The number of nitrogens with one attached hydrogen (secondary N) is 1. The zero-order valence-corrected chi connectivity index (χ0v) is 23.8. The van der Waals surface area contributed by atoms with Gasteiger partial charge in [0.15, 0.2) is 0 Å². The summed E-state index contributed by atoms with van der Waals surface area (Å²) in [6, 6.07) is 34.9. The van der Waals surface area contributed by atoms with Crippen molar-refractivity contribution in [3.8, 4) is 28.0 Å². The summed E-state index contributed by atoms with van der Waals surface area (Å²) in [5, 5.41) is 15.2. The summed E-state index contributed by atoms with van der Waals surface area (Å²) in [4.78, 5) is 0. The Morgan fingerprint density at radius 1 is 0.878 bits per heavy atom. The highest BCUT2D eigenvalue weighted by Gasteiger charge is 2.36. The maximum Gasteiger partial charge on any atom is 0.125 e. The molecule has 4 N–H and O–H groups in total. The van der Waals surface area contributed by atoms with Crippen LogP contribution >= 0.6 is 0 Å². The van der Waals surface area contributed by atoms with Crippen LogP contribution in [0.3, 0.4) is 0 Å². The van der Waals surface area contributed by atoms with Gasteiger partial charge >= 0.3 is 0 Å². The number of hydrogen-bond donors (Lipinski definition) is 3. The molecule has 41 heavy (non-hydrogen) atoms. The lowest BCUT2D eigenvalue weighted by atomic mass is 9.71. The van der Waals surface area contributed by atoms with Crippen LogP contribution < -0.4 is 11.1 Å². The fourth-order valence-electron chi connectivity index (χ4n) is 6.31. The SMILES string of the molecule is CC1C=CC2=C(C1)C(C)(Nc1cc(O)c(-c3ccccc3)cc1-c1ccccc1)CC=C2C[C@H](N)c1ccccc1. The summed E-state index contributed by atoms with van der Waals surface area (Å²) in [5.74, 6) is 0.730. The Morgan fingerprint density at radius 3 is 2.15 bits per heavy atom. The van der Waals surface area contributed by atoms with Gasteiger partial charge < -0.3 is 16.2 Å². The van der Waals surface area contributed by atoms with Crippen molar-refractivity contribution in [2.24, 2.45) is 11.7 Å². The molecule has 0 aromatic heterocycles. The zero-order valence-electron chi connectivity index (χ0n) is 23.8. The van der Waals surface area contributed by atoms with Crippen LogP contribution in [0.25, 0.3) is 22.3 Å². The molecule has 6 rings (SSSR count). The Labute approximate surface area is 243 Å². The van der Waals surface area contributed by atoms with Crippen LogP contribution in [0.5, 0.6) is 5.75 Å². The maximum absolute atomic E-state index is 11.3. The number of hydrogen-bond acceptors (Lipinski definition) is 3. The predicted molar refractivity (Wildman–Crippen MR) is 172 cm³/mol. The monoisotopic (exact) mass is 538 g/mol. The number of phenolic OH excluding ortho intramolecular Hbond substituents is 1. The smallest absolute Gasteiger partial charge is 0.125 e. The van der Waals surface area contributed by atoms with E-state index in [9.17, 15) is 5.11 Å². The fraction of sp³-hybridized carbons (Fsp3) is 0.211. The van der Waals surface area contributed by atoms with Crippen LogP contribution in [0, 0.1) is 5.92 Å². The van der Waals surface area contributed by atoms with Crippen LogP contribution in [0.4, 0.5) is 5.69 Å². The van der Waals surface area contributed by atoms with Gasteiger partial charge in [-0.25, -0.2) is 0 Å². The van der Waals surface area contributed by atoms with E-state index in [1.54, 1.807) is 0 Å². The Balaban J connectivity index is 1.39. The first-order chi connectivity index (χ1) is 19.9. The second-order valence-electron chi connectivity index (χ2n) is 11.7. The lowest BCUT2D eigenvalue weighted by Crippen LogP contribution is -2.40. The van der Waals surface area contributed by atoms with E-state index < -0.39 is 0 Å². The Bertz CT molecular complexity index is 1620. The lowest BCUT2D eigenvalue weighted by molar-refractivity contribution is 0.477. The van der Waals surface area contributed by atoms with Crippen molar-refractivity contribution in [1.82, 2.24) is 0 Å². The van der Waals surface area contributed by atoms with E-state index in [4.69, 9.17) is 5.73 Å². The van der Waals surface area contributed by atoms with E-state index in [1.165, 1.54) is 16.7 Å². The van der Waals surface area contributed by atoms with Gasteiger partial charge in [-0.3, -0.25) is 0 Å². The average Bonchev–Trinajstić information content (AvgIpc) is 3.00. The minimum atomic E-state index is -0.307. The third kappa shape index (κ3) is 5.51. The molecule has 0 heterocycles. The zero-order chi connectivity index (χ0) is 28.4. The molecule has 2 aliphatic carbocycles. The number of rotatable bonds is 7. The third-order valence-corrected chi connectivity index (χ3v) is 8.59. The van der Waals surface area contributed by atoms with Crippen LogP contribution in [-0.4, -0.2) is 10.6 Å². The summed E-state index contributed by atoms with van der Waals surface area (Å²) < 4.78 is 0. The van der Waals surface area contributed by atoms with E-state index in [1.807, 2.05) is 48.5 Å². The number of allylic oxidation sites excluding steroid dienone is 3. The number of benzene rings is 4. The Morgan fingerprint density at radius 2 is 1.49 bits per heavy atom.